The lowest BCUT2D eigenvalue weighted by Gasteiger charge is -2.24. The molecule has 104 valence electrons. The highest BCUT2D eigenvalue weighted by Gasteiger charge is 2.28. The summed E-state index contributed by atoms with van der Waals surface area (Å²) in [6.45, 7) is 9.51. The molecule has 1 unspecified atom stereocenters. The second-order valence-electron chi connectivity index (χ2n) is 5.49. The van der Waals surface area contributed by atoms with E-state index in [-0.39, 0.29) is 11.4 Å². The van der Waals surface area contributed by atoms with Crippen LogP contribution in [-0.4, -0.2) is 32.3 Å². The number of rotatable bonds is 2. The summed E-state index contributed by atoms with van der Waals surface area (Å²) in [5, 5.41) is 13.5. The van der Waals surface area contributed by atoms with E-state index >= 15 is 0 Å². The van der Waals surface area contributed by atoms with Crippen molar-refractivity contribution in [1.82, 2.24) is 14.9 Å². The quantitative estimate of drug-likeness (QED) is 0.778. The summed E-state index contributed by atoms with van der Waals surface area (Å²) in [7, 11) is 0. The Bertz CT molecular complexity index is 530. The fourth-order valence-corrected chi connectivity index (χ4v) is 2.78. The van der Waals surface area contributed by atoms with Gasteiger partial charge in [-0.2, -0.15) is 9.78 Å². The van der Waals surface area contributed by atoms with Crippen LogP contribution in [0.2, 0.25) is 0 Å². The highest BCUT2D eigenvalue weighted by Crippen LogP contribution is 2.30. The summed E-state index contributed by atoms with van der Waals surface area (Å²) >= 11 is 1.60. The van der Waals surface area contributed by atoms with Gasteiger partial charge in [0.2, 0.25) is 5.16 Å². The van der Waals surface area contributed by atoms with E-state index in [1.807, 2.05) is 0 Å². The number of ether oxygens (including phenoxy) is 1. The first-order valence-corrected chi connectivity index (χ1v) is 7.11. The van der Waals surface area contributed by atoms with Gasteiger partial charge in [-0.25, -0.2) is 0 Å². The number of carbonyl (C=O) groups excluding carboxylic acids is 1. The van der Waals surface area contributed by atoms with Crippen LogP contribution in [-0.2, 0) is 9.53 Å². The minimum absolute atomic E-state index is 0.00307. The molecular weight excluding hydrogens is 264 g/mol. The van der Waals surface area contributed by atoms with E-state index in [2.05, 4.69) is 36.1 Å². The van der Waals surface area contributed by atoms with Crippen molar-refractivity contribution in [2.45, 2.75) is 45.9 Å². The third-order valence-electron chi connectivity index (χ3n) is 2.77. The number of esters is 1. The summed E-state index contributed by atoms with van der Waals surface area (Å²) in [5.41, 5.74) is 1.07. The van der Waals surface area contributed by atoms with Gasteiger partial charge < -0.3 is 4.74 Å². The van der Waals surface area contributed by atoms with Crippen molar-refractivity contribution in [2.75, 3.05) is 5.75 Å². The van der Waals surface area contributed by atoms with E-state index < -0.39 is 6.10 Å². The second kappa shape index (κ2) is 4.96. The van der Waals surface area contributed by atoms with Crippen molar-refractivity contribution in [1.29, 1.82) is 0 Å². The predicted molar refractivity (Wildman–Crippen MR) is 73.2 cm³/mol. The first kappa shape index (κ1) is 14.0. The van der Waals surface area contributed by atoms with Crippen molar-refractivity contribution < 1.29 is 9.53 Å². The van der Waals surface area contributed by atoms with Crippen LogP contribution in [0.5, 0.6) is 0 Å². The molecular formula is C12H18N4O2S. The normalized spacial score (nSPS) is 16.6. The van der Waals surface area contributed by atoms with Crippen molar-refractivity contribution in [3.8, 4) is 0 Å². The maximum absolute atomic E-state index is 11.0. The third-order valence-corrected chi connectivity index (χ3v) is 3.70. The van der Waals surface area contributed by atoms with Gasteiger partial charge in [-0.15, -0.1) is 10.2 Å². The molecule has 0 radical (unpaired) electrons. The van der Waals surface area contributed by atoms with Crippen LogP contribution >= 0.6 is 11.8 Å². The average molecular weight is 282 g/mol. The van der Waals surface area contributed by atoms with Gasteiger partial charge in [0.1, 0.15) is 0 Å². The summed E-state index contributed by atoms with van der Waals surface area (Å²) in [4.78, 5) is 11.0. The second-order valence-corrected chi connectivity index (χ2v) is 6.43. The molecule has 1 aromatic rings. The molecule has 0 fully saturated rings. The number of aromatic nitrogens is 3. The summed E-state index contributed by atoms with van der Waals surface area (Å²) in [6.07, 6.45) is -0.456. The molecule has 0 amide bonds. The highest BCUT2D eigenvalue weighted by molar-refractivity contribution is 7.99. The fraction of sp³-hybridized carbons (Fsp3) is 0.667. The van der Waals surface area contributed by atoms with Crippen LogP contribution in [0.25, 0.3) is 0 Å². The molecule has 0 saturated heterocycles. The number of fused-ring (bicyclic) bond motifs is 1. The maximum Gasteiger partial charge on any atom is 0.303 e. The Morgan fingerprint density at radius 3 is 2.68 bits per heavy atom. The Hall–Kier alpha value is -1.37. The minimum atomic E-state index is -0.456. The van der Waals surface area contributed by atoms with Crippen LogP contribution in [0.4, 0.5) is 0 Å². The van der Waals surface area contributed by atoms with Gasteiger partial charge in [-0.1, -0.05) is 32.5 Å². The Kier molecular flexibility index (Phi) is 3.66. The lowest BCUT2D eigenvalue weighted by molar-refractivity contribution is -0.146. The predicted octanol–water partition coefficient (Wildman–Crippen LogP) is 2.26. The molecule has 1 atom stereocenters. The zero-order valence-corrected chi connectivity index (χ0v) is 12.6. The molecule has 1 aliphatic heterocycles. The smallest absolute Gasteiger partial charge is 0.303 e. The van der Waals surface area contributed by atoms with E-state index in [1.165, 1.54) is 6.92 Å². The molecule has 1 aromatic heterocycles. The van der Waals surface area contributed by atoms with Crippen molar-refractivity contribution in [3.63, 3.8) is 0 Å². The first-order valence-electron chi connectivity index (χ1n) is 6.12. The number of nitrogens with zero attached hydrogens (tertiary/aromatic N) is 4. The topological polar surface area (TPSA) is 69.4 Å². The summed E-state index contributed by atoms with van der Waals surface area (Å²) in [5.74, 6) is 1.02. The largest absolute Gasteiger partial charge is 0.455 e. The molecule has 2 heterocycles. The van der Waals surface area contributed by atoms with Crippen molar-refractivity contribution in [2.24, 2.45) is 10.5 Å². The van der Waals surface area contributed by atoms with Gasteiger partial charge >= 0.3 is 5.97 Å². The molecule has 0 saturated carbocycles. The van der Waals surface area contributed by atoms with Crippen LogP contribution in [0.15, 0.2) is 10.3 Å². The molecule has 0 bridgehead atoms. The molecule has 7 heteroatoms. The lowest BCUT2D eigenvalue weighted by atomic mass is 9.91. The Morgan fingerprint density at radius 1 is 1.42 bits per heavy atom. The fourth-order valence-electron chi connectivity index (χ4n) is 1.66. The Morgan fingerprint density at radius 2 is 2.11 bits per heavy atom. The number of thioether (sulfide) groups is 1. The standard InChI is InChI=1S/C12H18N4O2S/c1-7(18-8(2)17)10-13-14-11-16(10)15-9(6-19-11)12(3,4)5/h7H,6H2,1-5H3. The molecule has 2 rings (SSSR count). The maximum atomic E-state index is 11.0. The summed E-state index contributed by atoms with van der Waals surface area (Å²) in [6, 6.07) is 0. The zero-order chi connectivity index (χ0) is 14.2. The van der Waals surface area contributed by atoms with E-state index in [9.17, 15) is 4.79 Å². The van der Waals surface area contributed by atoms with Gasteiger partial charge in [0.25, 0.3) is 0 Å². The van der Waals surface area contributed by atoms with Crippen molar-refractivity contribution >= 4 is 23.4 Å². The molecule has 1 aliphatic rings. The number of carbonyl (C=O) groups is 1. The average Bonchev–Trinajstić information content (AvgIpc) is 2.69. The van der Waals surface area contributed by atoms with E-state index in [1.54, 1.807) is 23.4 Å². The van der Waals surface area contributed by atoms with E-state index in [0.29, 0.717) is 5.82 Å². The number of hydrogen-bond acceptors (Lipinski definition) is 6. The van der Waals surface area contributed by atoms with E-state index in [4.69, 9.17) is 4.74 Å². The van der Waals surface area contributed by atoms with Crippen LogP contribution < -0.4 is 0 Å². The van der Waals surface area contributed by atoms with Gasteiger partial charge in [0, 0.05) is 18.1 Å². The van der Waals surface area contributed by atoms with Gasteiger partial charge in [-0.05, 0) is 6.92 Å². The first-order chi connectivity index (χ1) is 8.79. The highest BCUT2D eigenvalue weighted by atomic mass is 32.2. The summed E-state index contributed by atoms with van der Waals surface area (Å²) < 4.78 is 6.82. The van der Waals surface area contributed by atoms with E-state index in [0.717, 1.165) is 16.6 Å². The molecule has 0 aromatic carbocycles. The van der Waals surface area contributed by atoms with Gasteiger partial charge in [0.15, 0.2) is 11.9 Å². The molecule has 6 nitrogen and oxygen atoms in total. The Labute approximate surface area is 116 Å². The zero-order valence-electron chi connectivity index (χ0n) is 11.8. The van der Waals surface area contributed by atoms with Crippen LogP contribution in [0, 0.1) is 5.41 Å². The third kappa shape index (κ3) is 2.97. The molecule has 0 N–H and O–H groups in total. The SMILES string of the molecule is CC(=O)OC(C)c1nnc2n1N=C(C(C)(C)C)CS2. The lowest BCUT2D eigenvalue weighted by Crippen LogP contribution is -2.27. The van der Waals surface area contributed by atoms with Crippen LogP contribution in [0.1, 0.15) is 46.5 Å². The monoisotopic (exact) mass is 282 g/mol. The van der Waals surface area contributed by atoms with Gasteiger partial charge in [0.05, 0.1) is 5.71 Å². The molecule has 19 heavy (non-hydrogen) atoms. The molecule has 0 aliphatic carbocycles. The van der Waals surface area contributed by atoms with Crippen molar-refractivity contribution in [3.05, 3.63) is 5.82 Å². The Balaban J connectivity index is 2.35. The van der Waals surface area contributed by atoms with Crippen LogP contribution in [0.3, 0.4) is 0 Å². The minimum Gasteiger partial charge on any atom is -0.455 e. The molecule has 0 spiro atoms. The van der Waals surface area contributed by atoms with Gasteiger partial charge in [-0.3, -0.25) is 4.79 Å². The number of hydrogen-bond donors (Lipinski definition) is 0.